The normalized spacial score (nSPS) is 18.3. The summed E-state index contributed by atoms with van der Waals surface area (Å²) in [5.41, 5.74) is 6.42. The Morgan fingerprint density at radius 1 is 1.12 bits per heavy atom. The Morgan fingerprint density at radius 2 is 1.78 bits per heavy atom. The Bertz CT molecular complexity index is 2710. The number of amides is 1. The number of aliphatic hydroxyl groups is 1. The van der Waals surface area contributed by atoms with Crippen LogP contribution in [0.2, 0.25) is 5.02 Å². The van der Waals surface area contributed by atoms with Crippen LogP contribution < -0.4 is 16.2 Å². The number of aromatic nitrogens is 5. The number of nitrogens with two attached hydrogens (primary N) is 2. The topological polar surface area (TPSA) is 184 Å². The van der Waals surface area contributed by atoms with Crippen LogP contribution in [0, 0.1) is 29.4 Å². The van der Waals surface area contributed by atoms with Gasteiger partial charge in [-0.25, -0.2) is 26.9 Å². The molecule has 12 nitrogen and oxygen atoms in total. The van der Waals surface area contributed by atoms with E-state index in [2.05, 4.69) is 31.7 Å². The molecule has 4 atom stereocenters. The molecular formula is C37H32ClF7N8O4S. The lowest BCUT2D eigenvalue weighted by atomic mass is 9.83. The number of fused-ring (bicyclic) bond motifs is 4. The number of halogens is 8. The van der Waals surface area contributed by atoms with E-state index in [1.54, 1.807) is 0 Å². The van der Waals surface area contributed by atoms with Crippen LogP contribution in [0.1, 0.15) is 72.0 Å². The minimum absolute atomic E-state index is 0.00234. The highest BCUT2D eigenvalue weighted by atomic mass is 35.5. The third-order valence-electron chi connectivity index (χ3n) is 9.90. The highest BCUT2D eigenvalue weighted by Crippen LogP contribution is 2.69. The number of anilines is 2. The van der Waals surface area contributed by atoms with Gasteiger partial charge in [0.05, 0.1) is 33.6 Å². The number of carbonyl (C=O) groups is 1. The number of nitrogens with zero attached hydrogens (tertiary/aromatic N) is 5. The van der Waals surface area contributed by atoms with Crippen LogP contribution in [-0.4, -0.2) is 55.8 Å². The molecule has 7 rings (SSSR count). The lowest BCUT2D eigenvalue weighted by Crippen LogP contribution is -2.37. The van der Waals surface area contributed by atoms with Gasteiger partial charge in [-0.2, -0.15) is 32.1 Å². The molecule has 1 amide bonds. The third-order valence-corrected chi connectivity index (χ3v) is 10.8. The van der Waals surface area contributed by atoms with Crippen LogP contribution in [0.25, 0.3) is 22.0 Å². The van der Waals surface area contributed by atoms with Crippen LogP contribution >= 0.6 is 11.6 Å². The van der Waals surface area contributed by atoms with Gasteiger partial charge in [0.25, 0.3) is 5.92 Å². The monoisotopic (exact) mass is 852 g/mol. The van der Waals surface area contributed by atoms with Gasteiger partial charge in [0.2, 0.25) is 15.9 Å². The Kier molecular flexibility index (Phi) is 9.56. The number of nitrogens with one attached hydrogen (secondary N) is 1. The maximum absolute atomic E-state index is 16.1. The fraction of sp³-hybridized carbons (Fsp3) is 0.351. The van der Waals surface area contributed by atoms with Gasteiger partial charge < -0.3 is 16.6 Å². The fourth-order valence-corrected chi connectivity index (χ4v) is 8.39. The SMILES string of the molecule is Cn1nc(NS(C)(=O)=O)c2c(Cl)ccc(-c3cc(N)c(C#CC(C)(C)O)nc3[C@@H](Cc3cc(F)cc(F)c3)C(C(N)=O)n3nc(C(F)(F)F)c4c3C(F)(F)[C@@H]3C[C@H]43)c21. The molecule has 0 spiro atoms. The second-order valence-electron chi connectivity index (χ2n) is 14.9. The summed E-state index contributed by atoms with van der Waals surface area (Å²) in [4.78, 5) is 18.4. The van der Waals surface area contributed by atoms with E-state index in [-0.39, 0.29) is 66.6 Å². The van der Waals surface area contributed by atoms with Gasteiger partial charge in [0, 0.05) is 41.6 Å². The van der Waals surface area contributed by atoms with E-state index < -0.39 is 92.4 Å². The number of hydrogen-bond donors (Lipinski definition) is 4. The number of aryl methyl sites for hydroxylation is 1. The predicted molar refractivity (Wildman–Crippen MR) is 198 cm³/mol. The van der Waals surface area contributed by atoms with Crippen molar-refractivity contribution in [2.75, 3.05) is 16.7 Å². The van der Waals surface area contributed by atoms with Gasteiger partial charge in [-0.3, -0.25) is 14.2 Å². The Labute approximate surface area is 330 Å². The maximum atomic E-state index is 16.1. The number of carbonyl (C=O) groups excluding carboxylic acids is 1. The van der Waals surface area contributed by atoms with Crippen molar-refractivity contribution in [3.05, 3.63) is 87.0 Å². The van der Waals surface area contributed by atoms with Crippen molar-refractivity contribution in [3.8, 4) is 23.0 Å². The van der Waals surface area contributed by atoms with E-state index in [9.17, 15) is 40.3 Å². The third kappa shape index (κ3) is 7.30. The van der Waals surface area contributed by atoms with Crippen molar-refractivity contribution in [3.63, 3.8) is 0 Å². The van der Waals surface area contributed by atoms with Crippen molar-refractivity contribution in [2.24, 2.45) is 18.7 Å². The molecule has 2 aliphatic rings. The van der Waals surface area contributed by atoms with Crippen molar-refractivity contribution in [1.82, 2.24) is 24.5 Å². The summed E-state index contributed by atoms with van der Waals surface area (Å²) in [6.07, 6.45) is -5.32. The highest BCUT2D eigenvalue weighted by molar-refractivity contribution is 7.92. The molecule has 0 saturated heterocycles. The molecule has 3 heterocycles. The van der Waals surface area contributed by atoms with Crippen LogP contribution in [0.4, 0.5) is 42.2 Å². The summed E-state index contributed by atoms with van der Waals surface area (Å²) < 4.78 is 134. The van der Waals surface area contributed by atoms with Gasteiger partial charge >= 0.3 is 6.18 Å². The molecule has 1 fully saturated rings. The number of alkyl halides is 5. The Morgan fingerprint density at radius 3 is 2.36 bits per heavy atom. The quantitative estimate of drug-likeness (QED) is 0.101. The number of hydrogen-bond acceptors (Lipinski definition) is 8. The number of rotatable bonds is 9. The van der Waals surface area contributed by atoms with E-state index in [0.717, 1.165) is 18.4 Å². The zero-order chi connectivity index (χ0) is 42.6. The lowest BCUT2D eigenvalue weighted by Gasteiger charge is -2.30. The molecule has 1 saturated carbocycles. The van der Waals surface area contributed by atoms with Gasteiger partial charge in [0.1, 0.15) is 34.7 Å². The zero-order valence-electron chi connectivity index (χ0n) is 30.7. The molecule has 21 heteroatoms. The van der Waals surface area contributed by atoms with E-state index in [1.165, 1.54) is 43.8 Å². The molecule has 0 radical (unpaired) electrons. The standard InChI is InChI=1S/C37H32ClF7N8O4S/c1-35(2,55)8-7-25-24(46)14-19(18-5-6-23(38)27-29(18)52(3)50-34(27)51-58(4,56)57)28(48-25)21(11-15-9-16(39)12-17(40)10-15)30(33(47)54)53-32-26(31(49-53)37(43,44)45)20-13-22(20)36(32,41)42/h5-6,9-10,12,14,20-22,30,55H,11,13,46H2,1-4H3,(H2,47,54)(H,50,51)/t20-,21+,22+,30?/m0/s1. The first-order valence-electron chi connectivity index (χ1n) is 17.3. The molecule has 2 aliphatic carbocycles. The second kappa shape index (κ2) is 13.6. The Balaban J connectivity index is 1.59. The van der Waals surface area contributed by atoms with E-state index in [1.807, 2.05) is 0 Å². The minimum atomic E-state index is -5.25. The molecule has 306 valence electrons. The summed E-state index contributed by atoms with van der Waals surface area (Å²) in [6, 6.07) is 4.08. The summed E-state index contributed by atoms with van der Waals surface area (Å²) in [6.45, 7) is 2.68. The van der Waals surface area contributed by atoms with Crippen molar-refractivity contribution >= 4 is 49.9 Å². The summed E-state index contributed by atoms with van der Waals surface area (Å²) in [7, 11) is -2.51. The van der Waals surface area contributed by atoms with Crippen molar-refractivity contribution < 1.29 is 49.1 Å². The fourth-order valence-electron chi connectivity index (χ4n) is 7.66. The molecule has 1 unspecified atom stereocenters. The molecule has 5 aromatic rings. The second-order valence-corrected chi connectivity index (χ2v) is 17.0. The van der Waals surface area contributed by atoms with E-state index in [4.69, 9.17) is 23.1 Å². The van der Waals surface area contributed by atoms with Crippen LogP contribution in [0.15, 0.2) is 36.4 Å². The first-order valence-corrected chi connectivity index (χ1v) is 19.5. The van der Waals surface area contributed by atoms with Gasteiger partial charge in [-0.15, -0.1) is 0 Å². The summed E-state index contributed by atoms with van der Waals surface area (Å²) in [5.74, 6) is -7.10. The van der Waals surface area contributed by atoms with Crippen LogP contribution in [-0.2, 0) is 40.4 Å². The number of nitrogen functional groups attached to an aromatic ring is 1. The maximum Gasteiger partial charge on any atom is 0.435 e. The van der Waals surface area contributed by atoms with Gasteiger partial charge in [-0.05, 0) is 68.4 Å². The minimum Gasteiger partial charge on any atom is -0.396 e. The van der Waals surface area contributed by atoms with E-state index >= 15 is 8.78 Å². The molecule has 0 aliphatic heterocycles. The zero-order valence-corrected chi connectivity index (χ0v) is 32.3. The highest BCUT2D eigenvalue weighted by Gasteiger charge is 2.69. The summed E-state index contributed by atoms with van der Waals surface area (Å²) >= 11 is 6.57. The summed E-state index contributed by atoms with van der Waals surface area (Å²) in [5, 5.41) is 18.3. The molecular weight excluding hydrogens is 821 g/mol. The average Bonchev–Trinajstić information content (AvgIpc) is 3.60. The molecule has 3 aromatic heterocycles. The number of primary amides is 1. The van der Waals surface area contributed by atoms with Gasteiger partial charge in [-0.1, -0.05) is 23.6 Å². The Hall–Kier alpha value is -5.39. The van der Waals surface area contributed by atoms with Crippen molar-refractivity contribution in [2.45, 2.75) is 62.3 Å². The predicted octanol–water partition coefficient (Wildman–Crippen LogP) is 6.12. The molecule has 2 aromatic carbocycles. The molecule has 0 bridgehead atoms. The van der Waals surface area contributed by atoms with Crippen LogP contribution in [0.5, 0.6) is 0 Å². The van der Waals surface area contributed by atoms with Gasteiger partial charge in [0.15, 0.2) is 11.5 Å². The van der Waals surface area contributed by atoms with Crippen molar-refractivity contribution in [1.29, 1.82) is 0 Å². The number of sulfonamides is 1. The first-order chi connectivity index (χ1) is 26.8. The first kappa shape index (κ1) is 40.8. The average molecular weight is 853 g/mol. The lowest BCUT2D eigenvalue weighted by molar-refractivity contribution is -0.142. The number of pyridine rings is 1. The largest absolute Gasteiger partial charge is 0.435 e. The smallest absolute Gasteiger partial charge is 0.396 e. The van der Waals surface area contributed by atoms with Crippen LogP contribution in [0.3, 0.4) is 0 Å². The number of benzene rings is 2. The van der Waals surface area contributed by atoms with E-state index in [0.29, 0.717) is 6.07 Å². The molecule has 58 heavy (non-hydrogen) atoms. The molecule has 6 N–H and O–H groups in total.